The fourth-order valence-corrected chi connectivity index (χ4v) is 2.94. The standard InChI is InChI=1S/C19H20N4O3/c1-12(2)17-21-22-18(26-17)16-11-23(9-10-25-16)19(24)15-8-7-13-5-3-4-6-14(13)20-15/h3-8,12,16H,9-11H2,1-2H3/t16-/m0/s1. The molecule has 1 aromatic carbocycles. The largest absolute Gasteiger partial charge is 0.422 e. The van der Waals surface area contributed by atoms with E-state index >= 15 is 0 Å². The van der Waals surface area contributed by atoms with E-state index in [-0.39, 0.29) is 11.8 Å². The third-order valence-electron chi connectivity index (χ3n) is 4.40. The number of benzene rings is 1. The summed E-state index contributed by atoms with van der Waals surface area (Å²) in [6.07, 6.45) is -0.409. The van der Waals surface area contributed by atoms with Crippen molar-refractivity contribution in [2.45, 2.75) is 25.9 Å². The molecule has 3 heterocycles. The van der Waals surface area contributed by atoms with Crippen LogP contribution in [0.4, 0.5) is 0 Å². The van der Waals surface area contributed by atoms with Crippen LogP contribution in [0.15, 0.2) is 40.8 Å². The van der Waals surface area contributed by atoms with Gasteiger partial charge >= 0.3 is 0 Å². The number of aromatic nitrogens is 3. The molecule has 0 spiro atoms. The molecule has 3 aromatic rings. The van der Waals surface area contributed by atoms with Gasteiger partial charge in [0.25, 0.3) is 5.91 Å². The fraction of sp³-hybridized carbons (Fsp3) is 0.368. The lowest BCUT2D eigenvalue weighted by molar-refractivity contribution is -0.0352. The maximum absolute atomic E-state index is 12.9. The lowest BCUT2D eigenvalue weighted by Crippen LogP contribution is -2.42. The third kappa shape index (κ3) is 3.17. The molecule has 1 saturated heterocycles. The molecule has 0 aliphatic carbocycles. The first-order chi connectivity index (χ1) is 12.6. The second kappa shape index (κ2) is 6.84. The van der Waals surface area contributed by atoms with Crippen LogP contribution in [0.3, 0.4) is 0 Å². The molecule has 0 radical (unpaired) electrons. The first kappa shape index (κ1) is 16.7. The zero-order valence-corrected chi connectivity index (χ0v) is 14.8. The molecule has 4 rings (SSSR count). The number of carbonyl (C=O) groups excluding carboxylic acids is 1. The number of hydrogen-bond acceptors (Lipinski definition) is 6. The molecule has 134 valence electrons. The first-order valence-corrected chi connectivity index (χ1v) is 8.72. The summed E-state index contributed by atoms with van der Waals surface area (Å²) in [6.45, 7) is 5.27. The second-order valence-corrected chi connectivity index (χ2v) is 6.63. The number of para-hydroxylation sites is 1. The monoisotopic (exact) mass is 352 g/mol. The molecule has 26 heavy (non-hydrogen) atoms. The van der Waals surface area contributed by atoms with Gasteiger partial charge in [0, 0.05) is 17.8 Å². The second-order valence-electron chi connectivity index (χ2n) is 6.63. The maximum atomic E-state index is 12.9. The van der Waals surface area contributed by atoms with Crippen molar-refractivity contribution in [1.29, 1.82) is 0 Å². The molecule has 2 aromatic heterocycles. The van der Waals surface area contributed by atoms with E-state index in [1.807, 2.05) is 44.2 Å². The van der Waals surface area contributed by atoms with Crippen LogP contribution in [0.5, 0.6) is 0 Å². The lowest BCUT2D eigenvalue weighted by Gasteiger charge is -2.31. The minimum absolute atomic E-state index is 0.118. The van der Waals surface area contributed by atoms with Gasteiger partial charge in [0.15, 0.2) is 6.10 Å². The Hall–Kier alpha value is -2.80. The van der Waals surface area contributed by atoms with E-state index < -0.39 is 6.10 Å². The van der Waals surface area contributed by atoms with Crippen LogP contribution in [-0.2, 0) is 4.74 Å². The van der Waals surface area contributed by atoms with Crippen LogP contribution in [0.25, 0.3) is 10.9 Å². The van der Waals surface area contributed by atoms with Crippen LogP contribution < -0.4 is 0 Å². The van der Waals surface area contributed by atoms with Gasteiger partial charge < -0.3 is 14.1 Å². The summed E-state index contributed by atoms with van der Waals surface area (Å²) < 4.78 is 11.4. The van der Waals surface area contributed by atoms with E-state index in [0.717, 1.165) is 10.9 Å². The van der Waals surface area contributed by atoms with Gasteiger partial charge in [-0.25, -0.2) is 4.98 Å². The Balaban J connectivity index is 1.53. The Labute approximate surface area is 151 Å². The number of carbonyl (C=O) groups is 1. The molecule has 1 aliphatic heterocycles. The molecule has 1 amide bonds. The molecule has 0 saturated carbocycles. The average Bonchev–Trinajstić information content (AvgIpc) is 3.18. The third-order valence-corrected chi connectivity index (χ3v) is 4.40. The summed E-state index contributed by atoms with van der Waals surface area (Å²) in [6, 6.07) is 11.4. The van der Waals surface area contributed by atoms with Crippen LogP contribution in [0.1, 0.15) is 48.1 Å². The summed E-state index contributed by atoms with van der Waals surface area (Å²) in [7, 11) is 0. The number of amides is 1. The average molecular weight is 352 g/mol. The molecule has 0 bridgehead atoms. The quantitative estimate of drug-likeness (QED) is 0.721. The minimum atomic E-state index is -0.409. The first-order valence-electron chi connectivity index (χ1n) is 8.72. The highest BCUT2D eigenvalue weighted by Gasteiger charge is 2.30. The number of rotatable bonds is 3. The Kier molecular flexibility index (Phi) is 4.38. The fourth-order valence-electron chi connectivity index (χ4n) is 2.94. The molecule has 0 N–H and O–H groups in total. The van der Waals surface area contributed by atoms with E-state index in [1.54, 1.807) is 11.0 Å². The summed E-state index contributed by atoms with van der Waals surface area (Å²) in [5.41, 5.74) is 1.24. The van der Waals surface area contributed by atoms with Crippen molar-refractivity contribution in [3.05, 3.63) is 53.9 Å². The zero-order valence-electron chi connectivity index (χ0n) is 14.8. The molecule has 1 aliphatic rings. The summed E-state index contributed by atoms with van der Waals surface area (Å²) in [4.78, 5) is 19.1. The van der Waals surface area contributed by atoms with Gasteiger partial charge in [0.2, 0.25) is 11.8 Å². The van der Waals surface area contributed by atoms with Crippen molar-refractivity contribution in [2.24, 2.45) is 0 Å². The maximum Gasteiger partial charge on any atom is 0.272 e. The topological polar surface area (TPSA) is 81.4 Å². The van der Waals surface area contributed by atoms with Crippen molar-refractivity contribution in [2.75, 3.05) is 19.7 Å². The Morgan fingerprint density at radius 1 is 1.19 bits per heavy atom. The van der Waals surface area contributed by atoms with E-state index in [2.05, 4.69) is 15.2 Å². The van der Waals surface area contributed by atoms with Crippen LogP contribution >= 0.6 is 0 Å². The molecule has 1 atom stereocenters. The van der Waals surface area contributed by atoms with Crippen molar-refractivity contribution in [1.82, 2.24) is 20.1 Å². The van der Waals surface area contributed by atoms with Gasteiger partial charge in [-0.05, 0) is 12.1 Å². The van der Waals surface area contributed by atoms with E-state index in [9.17, 15) is 4.79 Å². The lowest BCUT2D eigenvalue weighted by atomic mass is 10.2. The number of fused-ring (bicyclic) bond motifs is 1. The molecule has 7 heteroatoms. The molecule has 0 unspecified atom stereocenters. The van der Waals surface area contributed by atoms with Crippen molar-refractivity contribution >= 4 is 16.8 Å². The Bertz CT molecular complexity index is 937. The Morgan fingerprint density at radius 3 is 2.85 bits per heavy atom. The predicted molar refractivity (Wildman–Crippen MR) is 94.7 cm³/mol. The van der Waals surface area contributed by atoms with Crippen molar-refractivity contribution in [3.8, 4) is 0 Å². The van der Waals surface area contributed by atoms with E-state index in [1.165, 1.54) is 0 Å². The highest BCUT2D eigenvalue weighted by molar-refractivity contribution is 5.95. The van der Waals surface area contributed by atoms with Gasteiger partial charge in [-0.3, -0.25) is 4.79 Å². The number of pyridine rings is 1. The molecule has 7 nitrogen and oxygen atoms in total. The van der Waals surface area contributed by atoms with Gasteiger partial charge in [-0.15, -0.1) is 10.2 Å². The van der Waals surface area contributed by atoms with Gasteiger partial charge in [-0.2, -0.15) is 0 Å². The number of nitrogens with zero attached hydrogens (tertiary/aromatic N) is 4. The number of morpholine rings is 1. The van der Waals surface area contributed by atoms with E-state index in [4.69, 9.17) is 9.15 Å². The van der Waals surface area contributed by atoms with E-state index in [0.29, 0.717) is 37.2 Å². The summed E-state index contributed by atoms with van der Waals surface area (Å²) in [5.74, 6) is 1.02. The highest BCUT2D eigenvalue weighted by atomic mass is 16.5. The predicted octanol–water partition coefficient (Wildman–Crippen LogP) is 2.95. The smallest absolute Gasteiger partial charge is 0.272 e. The molecular formula is C19H20N4O3. The van der Waals surface area contributed by atoms with Gasteiger partial charge in [0.05, 0.1) is 18.7 Å². The van der Waals surface area contributed by atoms with Crippen molar-refractivity contribution in [3.63, 3.8) is 0 Å². The number of hydrogen-bond donors (Lipinski definition) is 0. The van der Waals surface area contributed by atoms with Crippen LogP contribution in [0, 0.1) is 0 Å². The zero-order chi connectivity index (χ0) is 18.1. The van der Waals surface area contributed by atoms with Crippen LogP contribution in [0.2, 0.25) is 0 Å². The van der Waals surface area contributed by atoms with Crippen LogP contribution in [-0.4, -0.2) is 45.7 Å². The number of ether oxygens (including phenoxy) is 1. The summed E-state index contributed by atoms with van der Waals surface area (Å²) >= 11 is 0. The van der Waals surface area contributed by atoms with Gasteiger partial charge in [0.1, 0.15) is 5.69 Å². The minimum Gasteiger partial charge on any atom is -0.422 e. The van der Waals surface area contributed by atoms with Crippen molar-refractivity contribution < 1.29 is 13.9 Å². The molecule has 1 fully saturated rings. The highest BCUT2D eigenvalue weighted by Crippen LogP contribution is 2.24. The van der Waals surface area contributed by atoms with Gasteiger partial charge in [-0.1, -0.05) is 38.1 Å². The normalized spacial score (nSPS) is 17.8. The SMILES string of the molecule is CC(C)c1nnc([C@@H]2CN(C(=O)c3ccc4ccccc4n3)CCO2)o1. The Morgan fingerprint density at radius 2 is 2.04 bits per heavy atom. The molecular weight excluding hydrogens is 332 g/mol. The summed E-state index contributed by atoms with van der Waals surface area (Å²) in [5, 5.41) is 9.12.